The number of halogens is 3. The Kier molecular flexibility index (Phi) is 5.49. The number of pyridine rings is 1. The molecule has 1 aromatic carbocycles. The lowest BCUT2D eigenvalue weighted by atomic mass is 9.83. The molecule has 1 amide bonds. The second-order valence-electron chi connectivity index (χ2n) is 7.96. The third-order valence-corrected chi connectivity index (χ3v) is 5.68. The van der Waals surface area contributed by atoms with Crippen molar-refractivity contribution in [2.45, 2.75) is 38.4 Å². The van der Waals surface area contributed by atoms with Crippen LogP contribution in [0.15, 0.2) is 48.9 Å². The molecule has 2 aromatic heterocycles. The second-order valence-corrected chi connectivity index (χ2v) is 7.96. The van der Waals surface area contributed by atoms with Gasteiger partial charge >= 0.3 is 6.18 Å². The highest BCUT2D eigenvalue weighted by atomic mass is 19.4. The van der Waals surface area contributed by atoms with Gasteiger partial charge in [-0.2, -0.15) is 18.3 Å². The molecule has 0 bridgehead atoms. The van der Waals surface area contributed by atoms with Crippen LogP contribution in [0.4, 0.5) is 13.2 Å². The summed E-state index contributed by atoms with van der Waals surface area (Å²) >= 11 is 0. The number of piperidine rings is 1. The number of hydrogen-bond donors (Lipinski definition) is 0. The molecule has 8 heteroatoms. The molecule has 1 aliphatic rings. The predicted octanol–water partition coefficient (Wildman–Crippen LogP) is 4.49. The number of benzene rings is 1. The number of nitrogens with zero attached hydrogens (tertiary/aromatic N) is 4. The number of aryl methyl sites for hydroxylation is 1. The maximum atomic E-state index is 13.4. The predicted molar refractivity (Wildman–Crippen MR) is 107 cm³/mol. The number of alkyl halides is 3. The molecule has 1 aliphatic heterocycles. The van der Waals surface area contributed by atoms with Crippen LogP contribution in [0.25, 0.3) is 10.9 Å². The van der Waals surface area contributed by atoms with E-state index in [2.05, 4.69) is 17.0 Å². The normalized spacial score (nSPS) is 19.9. The molecule has 1 unspecified atom stereocenters. The highest BCUT2D eigenvalue weighted by Crippen LogP contribution is 2.39. The van der Waals surface area contributed by atoms with E-state index in [0.717, 1.165) is 18.1 Å². The van der Waals surface area contributed by atoms with Crippen LogP contribution >= 0.6 is 0 Å². The molecule has 158 valence electrons. The number of carbonyl (C=O) groups excluding carboxylic acids is 1. The molecule has 0 radical (unpaired) electrons. The van der Waals surface area contributed by atoms with Gasteiger partial charge in [-0.15, -0.1) is 0 Å². The largest absolute Gasteiger partial charge is 0.418 e. The summed E-state index contributed by atoms with van der Waals surface area (Å²) in [4.78, 5) is 18.6. The first kappa shape index (κ1) is 20.4. The third kappa shape index (κ3) is 4.17. The van der Waals surface area contributed by atoms with Crippen molar-refractivity contribution in [2.75, 3.05) is 13.1 Å². The smallest absolute Gasteiger partial charge is 0.342 e. The zero-order chi connectivity index (χ0) is 21.3. The van der Waals surface area contributed by atoms with Crippen LogP contribution in [0.2, 0.25) is 0 Å². The molecule has 1 fully saturated rings. The average molecular weight is 416 g/mol. The zero-order valence-electron chi connectivity index (χ0n) is 16.6. The Hall–Kier alpha value is -2.90. The first-order valence-corrected chi connectivity index (χ1v) is 10.0. The summed E-state index contributed by atoms with van der Waals surface area (Å²) in [5.41, 5.74) is 0.0673. The lowest BCUT2D eigenvalue weighted by Crippen LogP contribution is -2.42. The van der Waals surface area contributed by atoms with Gasteiger partial charge in [-0.3, -0.25) is 14.5 Å². The van der Waals surface area contributed by atoms with Gasteiger partial charge in [-0.25, -0.2) is 0 Å². The summed E-state index contributed by atoms with van der Waals surface area (Å²) in [5.74, 6) is 0.263. The Morgan fingerprint density at radius 1 is 1.17 bits per heavy atom. The Morgan fingerprint density at radius 2 is 2.00 bits per heavy atom. The third-order valence-electron chi connectivity index (χ3n) is 5.68. The molecule has 0 saturated carbocycles. The van der Waals surface area contributed by atoms with Gasteiger partial charge in [-0.1, -0.05) is 19.1 Å². The number of aromatic nitrogens is 3. The topological polar surface area (TPSA) is 51.0 Å². The molecule has 3 heterocycles. The van der Waals surface area contributed by atoms with Gasteiger partial charge in [0, 0.05) is 55.9 Å². The maximum absolute atomic E-state index is 13.4. The zero-order valence-corrected chi connectivity index (χ0v) is 16.6. The summed E-state index contributed by atoms with van der Waals surface area (Å²) in [7, 11) is 0. The lowest BCUT2D eigenvalue weighted by Gasteiger charge is -2.37. The van der Waals surface area contributed by atoms with E-state index in [-0.39, 0.29) is 23.3 Å². The van der Waals surface area contributed by atoms with E-state index < -0.39 is 11.7 Å². The molecule has 0 spiro atoms. The van der Waals surface area contributed by atoms with Gasteiger partial charge in [-0.05, 0) is 36.1 Å². The fourth-order valence-corrected chi connectivity index (χ4v) is 4.36. The highest BCUT2D eigenvalue weighted by Gasteiger charge is 2.35. The van der Waals surface area contributed by atoms with Crippen LogP contribution in [0.1, 0.15) is 36.8 Å². The Balaban J connectivity index is 1.59. The summed E-state index contributed by atoms with van der Waals surface area (Å²) < 4.78 is 42.0. The van der Waals surface area contributed by atoms with Crippen molar-refractivity contribution in [3.8, 4) is 0 Å². The monoisotopic (exact) mass is 416 g/mol. The molecule has 0 N–H and O–H groups in total. The van der Waals surface area contributed by atoms with Gasteiger partial charge in [0.2, 0.25) is 5.91 Å². The van der Waals surface area contributed by atoms with E-state index in [1.165, 1.54) is 6.20 Å². The molecule has 2 atom stereocenters. The van der Waals surface area contributed by atoms with Gasteiger partial charge in [0.05, 0.1) is 11.1 Å². The van der Waals surface area contributed by atoms with E-state index >= 15 is 0 Å². The number of likely N-dealkylation sites (tertiary alicyclic amines) is 1. The fraction of sp³-hybridized carbons (Fsp3) is 0.409. The Bertz CT molecular complexity index is 1030. The summed E-state index contributed by atoms with van der Waals surface area (Å²) in [5, 5.41) is 4.63. The molecule has 5 nitrogen and oxygen atoms in total. The van der Waals surface area contributed by atoms with Crippen LogP contribution < -0.4 is 0 Å². The molecule has 1 saturated heterocycles. The summed E-state index contributed by atoms with van der Waals surface area (Å²) in [6.07, 6.45) is 1.58. The van der Waals surface area contributed by atoms with Gasteiger partial charge in [0.15, 0.2) is 0 Å². The summed E-state index contributed by atoms with van der Waals surface area (Å²) in [6, 6.07) is 7.84. The van der Waals surface area contributed by atoms with Crippen molar-refractivity contribution in [3.63, 3.8) is 0 Å². The minimum absolute atomic E-state index is 0.0303. The van der Waals surface area contributed by atoms with Crippen LogP contribution in [0, 0.1) is 5.92 Å². The van der Waals surface area contributed by atoms with Crippen molar-refractivity contribution in [3.05, 3.63) is 60.0 Å². The van der Waals surface area contributed by atoms with E-state index in [9.17, 15) is 18.0 Å². The van der Waals surface area contributed by atoms with Crippen LogP contribution in [0.5, 0.6) is 0 Å². The molecule has 4 rings (SSSR count). The second kappa shape index (κ2) is 8.08. The van der Waals surface area contributed by atoms with E-state index in [0.29, 0.717) is 31.4 Å². The molecule has 3 aromatic rings. The van der Waals surface area contributed by atoms with Gasteiger partial charge in [0.25, 0.3) is 0 Å². The summed E-state index contributed by atoms with van der Waals surface area (Å²) in [6.45, 7) is 3.74. The number of fused-ring (bicyclic) bond motifs is 1. The quantitative estimate of drug-likeness (QED) is 0.630. The van der Waals surface area contributed by atoms with E-state index in [4.69, 9.17) is 0 Å². The average Bonchev–Trinajstić information content (AvgIpc) is 3.23. The van der Waals surface area contributed by atoms with Crippen molar-refractivity contribution in [1.29, 1.82) is 0 Å². The van der Waals surface area contributed by atoms with Crippen molar-refractivity contribution >= 4 is 16.8 Å². The van der Waals surface area contributed by atoms with Crippen molar-refractivity contribution < 1.29 is 18.0 Å². The van der Waals surface area contributed by atoms with Crippen molar-refractivity contribution in [2.24, 2.45) is 5.92 Å². The van der Waals surface area contributed by atoms with Crippen LogP contribution in [0.3, 0.4) is 0 Å². The van der Waals surface area contributed by atoms with Crippen LogP contribution in [-0.2, 0) is 17.5 Å². The maximum Gasteiger partial charge on any atom is 0.418 e. The standard InChI is InChI=1S/C22H23F3N4O/c1-15-12-16(14-28(13-15)20(30)7-11-29-10-3-9-27-29)17-5-6-19(22(23,24)25)21-18(17)4-2-8-26-21/h2-6,8-10,15-16H,7,11-14H2,1H3/t15-,16?/m1/s1. The number of rotatable bonds is 4. The minimum atomic E-state index is -4.46. The number of carbonyl (C=O) groups is 1. The lowest BCUT2D eigenvalue weighted by molar-refractivity contribution is -0.136. The van der Waals surface area contributed by atoms with Crippen LogP contribution in [-0.4, -0.2) is 38.7 Å². The minimum Gasteiger partial charge on any atom is -0.342 e. The first-order valence-electron chi connectivity index (χ1n) is 10.0. The van der Waals surface area contributed by atoms with E-state index in [1.54, 1.807) is 29.1 Å². The molecular formula is C22H23F3N4O. The number of hydrogen-bond acceptors (Lipinski definition) is 3. The SMILES string of the molecule is C[C@@H]1CC(c2ccc(C(F)(F)F)c3ncccc23)CN(C(=O)CCn2cccn2)C1. The number of amides is 1. The van der Waals surface area contributed by atoms with Gasteiger partial charge in [0.1, 0.15) is 0 Å². The molecular weight excluding hydrogens is 393 g/mol. The first-order chi connectivity index (χ1) is 14.3. The molecule has 0 aliphatic carbocycles. The van der Waals surface area contributed by atoms with Crippen molar-refractivity contribution in [1.82, 2.24) is 19.7 Å². The Labute approximate surface area is 172 Å². The van der Waals surface area contributed by atoms with Gasteiger partial charge < -0.3 is 4.90 Å². The van der Waals surface area contributed by atoms with E-state index in [1.807, 2.05) is 17.2 Å². The fourth-order valence-electron chi connectivity index (χ4n) is 4.36. The highest BCUT2D eigenvalue weighted by molar-refractivity contribution is 5.86. The Morgan fingerprint density at radius 3 is 2.73 bits per heavy atom. The molecule has 30 heavy (non-hydrogen) atoms.